The fraction of sp³-hybridized carbons (Fsp3) is 0.407. The Morgan fingerprint density at radius 2 is 1.56 bits per heavy atom. The van der Waals surface area contributed by atoms with Crippen molar-refractivity contribution in [3.8, 4) is 0 Å². The Kier molecular flexibility index (Phi) is 8.00. The zero-order chi connectivity index (χ0) is 24.9. The number of nitrogens with one attached hydrogen (secondary N) is 1. The lowest BCUT2D eigenvalue weighted by Crippen LogP contribution is -2.41. The number of ketones is 1. The van der Waals surface area contributed by atoms with E-state index in [1.165, 1.54) is 0 Å². The highest BCUT2D eigenvalue weighted by atomic mass is 16.7. The first-order valence-electron chi connectivity index (χ1n) is 11.6. The smallest absolute Gasteiger partial charge is 0.445 e. The van der Waals surface area contributed by atoms with Gasteiger partial charge >= 0.3 is 13.2 Å². The van der Waals surface area contributed by atoms with Gasteiger partial charge in [0.25, 0.3) is 0 Å². The quantitative estimate of drug-likeness (QED) is 0.415. The molecule has 1 aliphatic heterocycles. The van der Waals surface area contributed by atoms with E-state index in [-0.39, 0.29) is 24.9 Å². The summed E-state index contributed by atoms with van der Waals surface area (Å²) in [5.74, 6) is 0.0392. The van der Waals surface area contributed by atoms with Gasteiger partial charge in [-0.3, -0.25) is 4.79 Å². The van der Waals surface area contributed by atoms with Gasteiger partial charge < -0.3 is 19.4 Å². The summed E-state index contributed by atoms with van der Waals surface area (Å²) in [5.41, 5.74) is 2.18. The summed E-state index contributed by atoms with van der Waals surface area (Å²) in [6, 6.07) is 16.9. The Balaban J connectivity index is 1.74. The largest absolute Gasteiger partial charge is 0.492 e. The molecular formula is C27H34BNO5. The summed E-state index contributed by atoms with van der Waals surface area (Å²) in [7, 11) is -0.628. The fourth-order valence-corrected chi connectivity index (χ4v) is 3.44. The van der Waals surface area contributed by atoms with Gasteiger partial charge in [-0.05, 0) is 44.3 Å². The van der Waals surface area contributed by atoms with Gasteiger partial charge in [0.05, 0.1) is 11.2 Å². The number of carbonyl (C=O) groups excluding carboxylic acids is 2. The van der Waals surface area contributed by atoms with E-state index in [1.807, 2.05) is 102 Å². The van der Waals surface area contributed by atoms with Crippen molar-refractivity contribution in [2.24, 2.45) is 5.92 Å². The Bertz CT molecular complexity index is 1010. The SMILES string of the molecule is CC(C)C(=O)c1ccc(C=C(CNC(=O)OCc2ccccc2)B2OC(C)(C)C(C)(C)O2)cc1. The summed E-state index contributed by atoms with van der Waals surface area (Å²) in [5, 5.41) is 2.81. The van der Waals surface area contributed by atoms with Crippen LogP contribution in [0, 0.1) is 5.92 Å². The molecule has 0 atom stereocenters. The summed E-state index contributed by atoms with van der Waals surface area (Å²) in [4.78, 5) is 24.6. The number of Topliss-reactive ketones (excluding diaryl/α,β-unsaturated/α-hetero) is 1. The molecule has 0 bridgehead atoms. The second kappa shape index (κ2) is 10.6. The van der Waals surface area contributed by atoms with Gasteiger partial charge in [-0.2, -0.15) is 0 Å². The van der Waals surface area contributed by atoms with Crippen LogP contribution in [0.4, 0.5) is 4.79 Å². The molecule has 1 saturated heterocycles. The van der Waals surface area contributed by atoms with Crippen molar-refractivity contribution in [3.05, 3.63) is 76.8 Å². The molecule has 0 aromatic heterocycles. The first kappa shape index (κ1) is 25.7. The maximum atomic E-state index is 12.3. The van der Waals surface area contributed by atoms with Crippen molar-refractivity contribution in [1.82, 2.24) is 5.32 Å². The lowest BCUT2D eigenvalue weighted by atomic mass is 9.77. The van der Waals surface area contributed by atoms with Crippen LogP contribution in [-0.2, 0) is 20.7 Å². The summed E-state index contributed by atoms with van der Waals surface area (Å²) >= 11 is 0. The van der Waals surface area contributed by atoms with E-state index in [2.05, 4.69) is 5.32 Å². The van der Waals surface area contributed by atoms with Crippen molar-refractivity contribution < 1.29 is 23.6 Å². The number of benzene rings is 2. The van der Waals surface area contributed by atoms with Crippen LogP contribution in [0.15, 0.2) is 60.1 Å². The van der Waals surface area contributed by atoms with Gasteiger partial charge in [0.15, 0.2) is 5.78 Å². The van der Waals surface area contributed by atoms with E-state index >= 15 is 0 Å². The summed E-state index contributed by atoms with van der Waals surface area (Å²) < 4.78 is 17.8. The molecule has 1 fully saturated rings. The first-order chi connectivity index (χ1) is 16.0. The van der Waals surface area contributed by atoms with Gasteiger partial charge in [0, 0.05) is 18.0 Å². The van der Waals surface area contributed by atoms with Gasteiger partial charge in [0.2, 0.25) is 0 Å². The van der Waals surface area contributed by atoms with Crippen molar-refractivity contribution >= 4 is 25.1 Å². The monoisotopic (exact) mass is 463 g/mol. The van der Waals surface area contributed by atoms with Gasteiger partial charge in [-0.15, -0.1) is 0 Å². The number of hydrogen-bond acceptors (Lipinski definition) is 5. The molecule has 7 heteroatoms. The van der Waals surface area contributed by atoms with Gasteiger partial charge in [-0.25, -0.2) is 4.79 Å². The van der Waals surface area contributed by atoms with Crippen LogP contribution in [0.1, 0.15) is 63.0 Å². The van der Waals surface area contributed by atoms with Crippen LogP contribution < -0.4 is 5.32 Å². The third-order valence-electron chi connectivity index (χ3n) is 6.28. The van der Waals surface area contributed by atoms with Crippen LogP contribution in [0.3, 0.4) is 0 Å². The average molecular weight is 463 g/mol. The van der Waals surface area contributed by atoms with E-state index in [0.717, 1.165) is 16.6 Å². The van der Waals surface area contributed by atoms with Crippen LogP contribution >= 0.6 is 0 Å². The molecule has 1 heterocycles. The minimum atomic E-state index is -0.628. The van der Waals surface area contributed by atoms with Crippen LogP contribution in [-0.4, -0.2) is 36.7 Å². The Labute approximate surface area is 202 Å². The number of hydrogen-bond donors (Lipinski definition) is 1. The Morgan fingerprint density at radius 3 is 2.12 bits per heavy atom. The zero-order valence-electron chi connectivity index (χ0n) is 20.9. The molecule has 1 N–H and O–H groups in total. The second-order valence-electron chi connectivity index (χ2n) is 9.86. The normalized spacial score (nSPS) is 17.0. The lowest BCUT2D eigenvalue weighted by Gasteiger charge is -2.32. The predicted molar refractivity (Wildman–Crippen MR) is 134 cm³/mol. The average Bonchev–Trinajstić information content (AvgIpc) is 3.02. The summed E-state index contributed by atoms with van der Waals surface area (Å²) in [6.45, 7) is 12.1. The Hall–Kier alpha value is -2.90. The molecule has 6 nitrogen and oxygen atoms in total. The van der Waals surface area contributed by atoms with Crippen LogP contribution in [0.25, 0.3) is 6.08 Å². The van der Waals surface area contributed by atoms with E-state index in [1.54, 1.807) is 0 Å². The highest BCUT2D eigenvalue weighted by Gasteiger charge is 2.52. The van der Waals surface area contributed by atoms with E-state index in [4.69, 9.17) is 14.0 Å². The maximum Gasteiger partial charge on any atom is 0.492 e. The highest BCUT2D eigenvalue weighted by molar-refractivity contribution is 6.56. The minimum Gasteiger partial charge on any atom is -0.445 e. The maximum absolute atomic E-state index is 12.3. The van der Waals surface area contributed by atoms with Crippen molar-refractivity contribution in [2.75, 3.05) is 6.54 Å². The molecule has 3 rings (SSSR count). The third-order valence-corrected chi connectivity index (χ3v) is 6.28. The molecule has 1 amide bonds. The highest BCUT2D eigenvalue weighted by Crippen LogP contribution is 2.38. The molecule has 1 aliphatic rings. The fourth-order valence-electron chi connectivity index (χ4n) is 3.44. The Morgan fingerprint density at radius 1 is 0.971 bits per heavy atom. The molecule has 0 unspecified atom stereocenters. The number of carbonyl (C=O) groups is 2. The van der Waals surface area contributed by atoms with Crippen LogP contribution in [0.5, 0.6) is 0 Å². The minimum absolute atomic E-state index is 0.0622. The van der Waals surface area contributed by atoms with E-state index in [9.17, 15) is 9.59 Å². The molecular weight excluding hydrogens is 429 g/mol. The van der Waals surface area contributed by atoms with Crippen LogP contribution in [0.2, 0.25) is 0 Å². The third kappa shape index (κ3) is 6.36. The first-order valence-corrected chi connectivity index (χ1v) is 11.6. The number of amides is 1. The van der Waals surface area contributed by atoms with Crippen molar-refractivity contribution in [3.63, 3.8) is 0 Å². The molecule has 2 aromatic rings. The molecule has 0 aliphatic carbocycles. The van der Waals surface area contributed by atoms with E-state index in [0.29, 0.717) is 5.56 Å². The van der Waals surface area contributed by atoms with Crippen molar-refractivity contribution in [2.45, 2.75) is 59.4 Å². The van der Waals surface area contributed by atoms with Gasteiger partial charge in [0.1, 0.15) is 6.61 Å². The second-order valence-corrected chi connectivity index (χ2v) is 9.86. The zero-order valence-corrected chi connectivity index (χ0v) is 20.9. The molecule has 0 saturated carbocycles. The number of alkyl carbamates (subject to hydrolysis) is 1. The standard InChI is InChI=1S/C27H34BNO5/c1-19(2)24(30)22-14-12-20(13-15-22)16-23(28-33-26(3,4)27(5,6)34-28)17-29-25(31)32-18-21-10-8-7-9-11-21/h7-16,19H,17-18H2,1-6H3,(H,29,31). The van der Waals surface area contributed by atoms with Gasteiger partial charge in [-0.1, -0.05) is 74.5 Å². The molecule has 0 spiro atoms. The lowest BCUT2D eigenvalue weighted by molar-refractivity contribution is 0.00578. The van der Waals surface area contributed by atoms with Crippen molar-refractivity contribution in [1.29, 1.82) is 0 Å². The number of rotatable bonds is 8. The topological polar surface area (TPSA) is 73.9 Å². The molecule has 2 aromatic carbocycles. The predicted octanol–water partition coefficient (Wildman–Crippen LogP) is 5.47. The summed E-state index contributed by atoms with van der Waals surface area (Å²) in [6.07, 6.45) is 1.40. The van der Waals surface area contributed by atoms with E-state index < -0.39 is 24.4 Å². The molecule has 0 radical (unpaired) electrons. The number of ether oxygens (including phenoxy) is 1. The molecule has 180 valence electrons. The molecule has 34 heavy (non-hydrogen) atoms.